The van der Waals surface area contributed by atoms with Crippen LogP contribution in [0.1, 0.15) is 52.2 Å². The van der Waals surface area contributed by atoms with Gasteiger partial charge in [-0.15, -0.1) is 0 Å². The lowest BCUT2D eigenvalue weighted by molar-refractivity contribution is -0.145. The van der Waals surface area contributed by atoms with Crippen molar-refractivity contribution in [2.45, 2.75) is 76.0 Å². The maximum atomic E-state index is 13.9. The third-order valence-corrected chi connectivity index (χ3v) is 9.03. The number of hydrogen-bond acceptors (Lipinski definition) is 13. The van der Waals surface area contributed by atoms with E-state index >= 15 is 0 Å². The smallest absolute Gasteiger partial charge is 0.459 e. The molecule has 4 heterocycles. The average molecular weight is 620 g/mol. The molecular formula is C27H38N7O8P. The van der Waals surface area contributed by atoms with Crippen molar-refractivity contribution in [3.63, 3.8) is 0 Å². The van der Waals surface area contributed by atoms with Crippen LogP contribution in [0.4, 0.5) is 11.8 Å². The number of aliphatic hydroxyl groups is 2. The van der Waals surface area contributed by atoms with E-state index in [0.717, 1.165) is 25.7 Å². The van der Waals surface area contributed by atoms with Gasteiger partial charge in [0.1, 0.15) is 29.6 Å². The van der Waals surface area contributed by atoms with Gasteiger partial charge in [-0.05, 0) is 38.8 Å². The predicted molar refractivity (Wildman–Crippen MR) is 156 cm³/mol. The fourth-order valence-corrected chi connectivity index (χ4v) is 6.54. The SMILES string of the molecule is C[C@H]1NP(=O)(Oc2ccccc2)OC[C@H]2O[C@@H](n3cnc4c(nc(N)nc43)NCCCCCCCOC1=O)[C@](C)(O)[C@@H]2O. The van der Waals surface area contributed by atoms with Gasteiger partial charge in [0.15, 0.2) is 23.2 Å². The summed E-state index contributed by atoms with van der Waals surface area (Å²) in [7, 11) is -4.24. The van der Waals surface area contributed by atoms with Crippen LogP contribution < -0.4 is 20.7 Å². The molecule has 0 amide bonds. The van der Waals surface area contributed by atoms with Crippen LogP contribution in [-0.2, 0) is 23.4 Å². The molecule has 1 fully saturated rings. The van der Waals surface area contributed by atoms with Crippen molar-refractivity contribution in [1.29, 1.82) is 0 Å². The zero-order chi connectivity index (χ0) is 30.6. The third-order valence-electron chi connectivity index (χ3n) is 7.39. The second-order valence-electron chi connectivity index (χ2n) is 10.9. The Hall–Kier alpha value is -3.33. The second-order valence-corrected chi connectivity index (χ2v) is 12.6. The number of carbonyl (C=O) groups excluding carboxylic acids is 1. The molecule has 234 valence electrons. The van der Waals surface area contributed by atoms with Crippen molar-refractivity contribution in [2.75, 3.05) is 30.8 Å². The van der Waals surface area contributed by atoms with E-state index in [0.29, 0.717) is 29.9 Å². The van der Waals surface area contributed by atoms with Gasteiger partial charge < -0.3 is 35.3 Å². The number of aliphatic hydroxyl groups excluding tert-OH is 1. The van der Waals surface area contributed by atoms with Crippen molar-refractivity contribution in [3.8, 4) is 5.75 Å². The Kier molecular flexibility index (Phi) is 9.49. The number of hydrogen-bond donors (Lipinski definition) is 5. The van der Waals surface area contributed by atoms with Gasteiger partial charge >= 0.3 is 13.7 Å². The molecular weight excluding hydrogens is 581 g/mol. The number of esters is 1. The number of benzene rings is 1. The number of cyclic esters (lactones) is 1. The molecule has 1 unspecified atom stereocenters. The van der Waals surface area contributed by atoms with Gasteiger partial charge in [-0.3, -0.25) is 13.9 Å². The van der Waals surface area contributed by atoms with Crippen LogP contribution in [0.25, 0.3) is 11.2 Å². The first-order valence-corrected chi connectivity index (χ1v) is 15.8. The highest BCUT2D eigenvalue weighted by Crippen LogP contribution is 2.47. The van der Waals surface area contributed by atoms with E-state index in [1.807, 2.05) is 0 Å². The topological polar surface area (TPSA) is 205 Å². The van der Waals surface area contributed by atoms with E-state index in [1.54, 1.807) is 30.3 Å². The van der Waals surface area contributed by atoms with Crippen LogP contribution >= 0.6 is 7.75 Å². The summed E-state index contributed by atoms with van der Waals surface area (Å²) in [4.78, 5) is 25.7. The Bertz CT molecular complexity index is 1460. The van der Waals surface area contributed by atoms with Crippen molar-refractivity contribution >= 4 is 36.6 Å². The third kappa shape index (κ3) is 7.08. The molecule has 6 bridgehead atoms. The Morgan fingerprint density at radius 2 is 1.91 bits per heavy atom. The second kappa shape index (κ2) is 13.1. The van der Waals surface area contributed by atoms with E-state index in [4.69, 9.17) is 24.3 Å². The zero-order valence-corrected chi connectivity index (χ0v) is 25.0. The van der Waals surface area contributed by atoms with Gasteiger partial charge in [0.05, 0.1) is 19.5 Å². The number of ether oxygens (including phenoxy) is 2. The molecule has 2 aliphatic rings. The highest BCUT2D eigenvalue weighted by molar-refractivity contribution is 7.52. The zero-order valence-electron chi connectivity index (χ0n) is 24.1. The Balaban J connectivity index is 1.44. The summed E-state index contributed by atoms with van der Waals surface area (Å²) in [5.74, 6) is 0.0479. The molecule has 6 atom stereocenters. The van der Waals surface area contributed by atoms with E-state index < -0.39 is 50.4 Å². The minimum absolute atomic E-state index is 0.00183. The first-order valence-electron chi connectivity index (χ1n) is 14.3. The largest absolute Gasteiger partial charge is 0.465 e. The molecule has 0 aliphatic carbocycles. The summed E-state index contributed by atoms with van der Waals surface area (Å²) in [5, 5.41) is 28.3. The molecule has 1 aromatic carbocycles. The monoisotopic (exact) mass is 619 g/mol. The van der Waals surface area contributed by atoms with E-state index in [1.165, 1.54) is 24.7 Å². The lowest BCUT2D eigenvalue weighted by atomic mass is 9.96. The van der Waals surface area contributed by atoms with Crippen molar-refractivity contribution < 1.29 is 38.1 Å². The minimum Gasteiger partial charge on any atom is -0.465 e. The molecule has 43 heavy (non-hydrogen) atoms. The number of carbonyl (C=O) groups is 1. The quantitative estimate of drug-likeness (QED) is 0.207. The van der Waals surface area contributed by atoms with Gasteiger partial charge in [0, 0.05) is 6.54 Å². The fraction of sp³-hybridized carbons (Fsp3) is 0.556. The minimum atomic E-state index is -4.24. The maximum absolute atomic E-state index is 13.9. The number of nitrogens with one attached hydrogen (secondary N) is 2. The molecule has 3 aromatic rings. The summed E-state index contributed by atoms with van der Waals surface area (Å²) in [6.45, 7) is 3.26. The van der Waals surface area contributed by atoms with Gasteiger partial charge in [-0.1, -0.05) is 37.5 Å². The highest BCUT2D eigenvalue weighted by atomic mass is 31.2. The summed E-state index contributed by atoms with van der Waals surface area (Å²) in [5.41, 5.74) is 4.88. The summed E-state index contributed by atoms with van der Waals surface area (Å²) in [6, 6.07) is 7.26. The van der Waals surface area contributed by atoms with Gasteiger partial charge in [-0.2, -0.15) is 15.1 Å². The molecule has 0 spiro atoms. The molecule has 0 saturated carbocycles. The standard InChI is InChI=1S/C27H38N7O8P/c1-17-24(36)39-14-10-5-3-4-9-13-29-22-20-23(32-26(28)31-22)34(16-30-20)25-27(2,37)21(35)19(41-25)15-40-43(38,33-17)42-18-11-7-6-8-12-18/h6-8,11-12,16-17,19,21,25,35,37H,3-5,9-10,13-15H2,1-2H3,(H,33,38)(H3,28,29,31,32)/t17-,19-,21-,25-,27-,43?/m1/s1. The van der Waals surface area contributed by atoms with E-state index in [2.05, 4.69) is 25.4 Å². The summed E-state index contributed by atoms with van der Waals surface area (Å²) >= 11 is 0. The number of nitrogens with two attached hydrogens (primary N) is 1. The first-order chi connectivity index (χ1) is 20.6. The highest BCUT2D eigenvalue weighted by Gasteiger charge is 2.54. The fourth-order valence-electron chi connectivity index (χ4n) is 5.04. The maximum Gasteiger partial charge on any atom is 0.459 e. The molecule has 0 radical (unpaired) electrons. The molecule has 2 aliphatic heterocycles. The normalized spacial score (nSPS) is 31.5. The van der Waals surface area contributed by atoms with Gasteiger partial charge in [0.25, 0.3) is 0 Å². The lowest BCUT2D eigenvalue weighted by Gasteiger charge is -2.27. The van der Waals surface area contributed by atoms with Gasteiger partial charge in [-0.25, -0.2) is 9.55 Å². The number of nitrogen functional groups attached to an aromatic ring is 1. The van der Waals surface area contributed by atoms with Crippen LogP contribution in [-0.4, -0.2) is 79.3 Å². The Labute approximate surface area is 248 Å². The van der Waals surface area contributed by atoms with E-state index in [-0.39, 0.29) is 18.3 Å². The number of nitrogens with zero attached hydrogens (tertiary/aromatic N) is 4. The molecule has 1 saturated heterocycles. The van der Waals surface area contributed by atoms with Crippen LogP contribution in [0.15, 0.2) is 36.7 Å². The lowest BCUT2D eigenvalue weighted by Crippen LogP contribution is -2.44. The number of imidazole rings is 1. The predicted octanol–water partition coefficient (Wildman–Crippen LogP) is 2.52. The molecule has 5 rings (SSSR count). The number of aromatic nitrogens is 4. The number of fused-ring (bicyclic) bond motifs is 3. The van der Waals surface area contributed by atoms with Crippen molar-refractivity contribution in [3.05, 3.63) is 36.7 Å². The molecule has 6 N–H and O–H groups in total. The van der Waals surface area contributed by atoms with Crippen LogP contribution in [0.2, 0.25) is 0 Å². The van der Waals surface area contributed by atoms with Crippen LogP contribution in [0, 0.1) is 0 Å². The first kappa shape index (κ1) is 31.1. The molecule has 15 nitrogen and oxygen atoms in total. The van der Waals surface area contributed by atoms with Gasteiger partial charge in [0.2, 0.25) is 5.95 Å². The molecule has 16 heteroatoms. The average Bonchev–Trinajstić information content (AvgIpc) is 3.48. The van der Waals surface area contributed by atoms with Crippen molar-refractivity contribution in [2.24, 2.45) is 0 Å². The van der Waals surface area contributed by atoms with Crippen LogP contribution in [0.5, 0.6) is 5.75 Å². The summed E-state index contributed by atoms with van der Waals surface area (Å²) in [6.07, 6.45) is 1.89. The van der Waals surface area contributed by atoms with Crippen LogP contribution in [0.3, 0.4) is 0 Å². The van der Waals surface area contributed by atoms with Crippen molar-refractivity contribution in [1.82, 2.24) is 24.6 Å². The number of para-hydroxylation sites is 1. The number of anilines is 2. The Morgan fingerprint density at radius 1 is 1.16 bits per heavy atom. The van der Waals surface area contributed by atoms with E-state index in [9.17, 15) is 19.6 Å². The number of rotatable bonds is 2. The summed E-state index contributed by atoms with van der Waals surface area (Å²) < 4.78 is 38.2. The molecule has 2 aromatic heterocycles. The Morgan fingerprint density at radius 3 is 2.70 bits per heavy atom.